The van der Waals surface area contributed by atoms with Crippen LogP contribution in [-0.2, 0) is 41.8 Å². The SMILES string of the molecule is C[C@]12CC(C(=O)OCc3ccccc3)(C(=O)OCc3ccccc3)[C@H](c3ccccc3)[C@H]1C(=O)O2. The first-order valence-corrected chi connectivity index (χ1v) is 11.6. The first-order valence-electron chi connectivity index (χ1n) is 11.6. The molecule has 1 aliphatic carbocycles. The normalized spacial score (nSPS) is 24.0. The summed E-state index contributed by atoms with van der Waals surface area (Å²) in [4.78, 5) is 40.4. The van der Waals surface area contributed by atoms with E-state index in [0.29, 0.717) is 5.56 Å². The van der Waals surface area contributed by atoms with Crippen molar-refractivity contribution < 1.29 is 28.6 Å². The van der Waals surface area contributed by atoms with Crippen molar-refractivity contribution in [2.24, 2.45) is 11.3 Å². The van der Waals surface area contributed by atoms with Gasteiger partial charge in [-0.1, -0.05) is 91.0 Å². The molecule has 1 heterocycles. The highest BCUT2D eigenvalue weighted by atomic mass is 16.6. The van der Waals surface area contributed by atoms with Crippen LogP contribution in [0, 0.1) is 11.3 Å². The second kappa shape index (κ2) is 9.02. The average Bonchev–Trinajstić information content (AvgIpc) is 3.12. The molecule has 3 atom stereocenters. The number of rotatable bonds is 7. The van der Waals surface area contributed by atoms with Gasteiger partial charge in [0.2, 0.25) is 0 Å². The molecule has 2 fully saturated rings. The van der Waals surface area contributed by atoms with E-state index < -0.39 is 40.8 Å². The van der Waals surface area contributed by atoms with Gasteiger partial charge in [-0.15, -0.1) is 0 Å². The third-order valence-corrected chi connectivity index (χ3v) is 7.05. The van der Waals surface area contributed by atoms with Gasteiger partial charge in [0, 0.05) is 12.3 Å². The molecule has 5 rings (SSSR count). The smallest absolute Gasteiger partial charge is 0.324 e. The first-order chi connectivity index (χ1) is 16.9. The van der Waals surface area contributed by atoms with E-state index in [4.69, 9.17) is 14.2 Å². The summed E-state index contributed by atoms with van der Waals surface area (Å²) in [6.07, 6.45) is -0.00276. The lowest BCUT2D eigenvalue weighted by Crippen LogP contribution is -2.53. The van der Waals surface area contributed by atoms with E-state index in [-0.39, 0.29) is 19.6 Å². The van der Waals surface area contributed by atoms with Gasteiger partial charge in [0.15, 0.2) is 5.41 Å². The van der Waals surface area contributed by atoms with Crippen LogP contribution in [0.3, 0.4) is 0 Å². The van der Waals surface area contributed by atoms with Crippen LogP contribution in [0.2, 0.25) is 0 Å². The summed E-state index contributed by atoms with van der Waals surface area (Å²) >= 11 is 0. The number of carbonyl (C=O) groups excluding carboxylic acids is 3. The van der Waals surface area contributed by atoms with Crippen molar-refractivity contribution in [2.45, 2.75) is 38.1 Å². The highest BCUT2D eigenvalue weighted by Gasteiger charge is 2.76. The van der Waals surface area contributed by atoms with Crippen molar-refractivity contribution in [1.82, 2.24) is 0 Å². The fourth-order valence-electron chi connectivity index (χ4n) is 5.45. The Balaban J connectivity index is 1.53. The van der Waals surface area contributed by atoms with Gasteiger partial charge >= 0.3 is 17.9 Å². The molecule has 1 saturated heterocycles. The van der Waals surface area contributed by atoms with E-state index in [2.05, 4.69) is 0 Å². The number of hydrogen-bond acceptors (Lipinski definition) is 6. The van der Waals surface area contributed by atoms with Crippen molar-refractivity contribution in [1.29, 1.82) is 0 Å². The summed E-state index contributed by atoms with van der Waals surface area (Å²) in [6, 6.07) is 27.7. The predicted molar refractivity (Wildman–Crippen MR) is 127 cm³/mol. The molecule has 1 aliphatic heterocycles. The molecule has 1 saturated carbocycles. The van der Waals surface area contributed by atoms with Crippen LogP contribution in [0.15, 0.2) is 91.0 Å². The number of carbonyl (C=O) groups is 3. The summed E-state index contributed by atoms with van der Waals surface area (Å²) in [7, 11) is 0. The van der Waals surface area contributed by atoms with Crippen LogP contribution in [0.5, 0.6) is 0 Å². The third-order valence-electron chi connectivity index (χ3n) is 7.05. The molecule has 6 nitrogen and oxygen atoms in total. The van der Waals surface area contributed by atoms with E-state index in [1.54, 1.807) is 6.92 Å². The minimum Gasteiger partial charge on any atom is -0.460 e. The van der Waals surface area contributed by atoms with Crippen LogP contribution >= 0.6 is 0 Å². The molecule has 0 unspecified atom stereocenters. The molecule has 0 amide bonds. The monoisotopic (exact) mass is 470 g/mol. The Morgan fingerprint density at radius 3 is 1.69 bits per heavy atom. The van der Waals surface area contributed by atoms with Gasteiger partial charge in [-0.2, -0.15) is 0 Å². The summed E-state index contributed by atoms with van der Waals surface area (Å²) < 4.78 is 17.0. The number of fused-ring (bicyclic) bond motifs is 1. The maximum atomic E-state index is 13.9. The predicted octanol–water partition coefficient (Wildman–Crippen LogP) is 4.58. The maximum Gasteiger partial charge on any atom is 0.324 e. The molecule has 0 bridgehead atoms. The highest BCUT2D eigenvalue weighted by molar-refractivity contribution is 6.04. The van der Waals surface area contributed by atoms with Gasteiger partial charge in [-0.25, -0.2) is 0 Å². The van der Waals surface area contributed by atoms with Crippen LogP contribution in [-0.4, -0.2) is 23.5 Å². The van der Waals surface area contributed by atoms with E-state index in [9.17, 15) is 14.4 Å². The fourth-order valence-corrected chi connectivity index (χ4v) is 5.45. The standard InChI is InChI=1S/C29H26O6/c1-28-19-29(26(31)33-17-20-11-5-2-6-12-20,27(32)34-18-21-13-7-3-8-14-21)23(24(28)25(30)35-28)22-15-9-4-10-16-22/h2-16,23-24H,17-19H2,1H3/t23-,24+,28+/m1/s1. The number of ether oxygens (including phenoxy) is 3. The molecule has 35 heavy (non-hydrogen) atoms. The summed E-state index contributed by atoms with van der Waals surface area (Å²) in [5.41, 5.74) is -0.397. The Labute approximate surface area is 203 Å². The lowest BCUT2D eigenvalue weighted by atomic mass is 9.71. The largest absolute Gasteiger partial charge is 0.460 e. The molecule has 178 valence electrons. The van der Waals surface area contributed by atoms with Crippen molar-refractivity contribution in [2.75, 3.05) is 0 Å². The molecular formula is C29H26O6. The van der Waals surface area contributed by atoms with E-state index in [0.717, 1.165) is 11.1 Å². The quantitative estimate of drug-likeness (QED) is 0.286. The van der Waals surface area contributed by atoms with Gasteiger partial charge in [0.1, 0.15) is 24.7 Å². The second-order valence-corrected chi connectivity index (χ2v) is 9.37. The summed E-state index contributed by atoms with van der Waals surface area (Å²) in [5.74, 6) is -3.25. The molecular weight excluding hydrogens is 444 g/mol. The van der Waals surface area contributed by atoms with Crippen molar-refractivity contribution in [3.05, 3.63) is 108 Å². The van der Waals surface area contributed by atoms with Crippen LogP contribution in [0.25, 0.3) is 0 Å². The zero-order valence-corrected chi connectivity index (χ0v) is 19.4. The molecule has 6 heteroatoms. The van der Waals surface area contributed by atoms with Crippen molar-refractivity contribution >= 4 is 17.9 Å². The fraction of sp³-hybridized carbons (Fsp3) is 0.276. The van der Waals surface area contributed by atoms with E-state index in [1.165, 1.54) is 0 Å². The Kier molecular flexibility index (Phi) is 5.89. The van der Waals surface area contributed by atoms with Crippen molar-refractivity contribution in [3.63, 3.8) is 0 Å². The lowest BCUT2D eigenvalue weighted by Gasteiger charge is -2.42. The molecule has 3 aromatic carbocycles. The number of esters is 3. The molecule has 3 aromatic rings. The number of benzene rings is 3. The van der Waals surface area contributed by atoms with Crippen LogP contribution < -0.4 is 0 Å². The van der Waals surface area contributed by atoms with Gasteiger partial charge in [0.25, 0.3) is 0 Å². The maximum absolute atomic E-state index is 13.9. The Morgan fingerprint density at radius 2 is 1.23 bits per heavy atom. The zero-order valence-electron chi connectivity index (χ0n) is 19.4. The van der Waals surface area contributed by atoms with Crippen LogP contribution in [0.4, 0.5) is 0 Å². The third kappa shape index (κ3) is 3.99. The zero-order chi connectivity index (χ0) is 24.5. The number of hydrogen-bond donors (Lipinski definition) is 0. The topological polar surface area (TPSA) is 78.9 Å². The van der Waals surface area contributed by atoms with Gasteiger partial charge < -0.3 is 14.2 Å². The Bertz CT molecular complexity index is 1170. The Morgan fingerprint density at radius 1 is 0.771 bits per heavy atom. The molecule has 0 aromatic heterocycles. The summed E-state index contributed by atoms with van der Waals surface area (Å²) in [5, 5.41) is 0. The highest BCUT2D eigenvalue weighted by Crippen LogP contribution is 2.64. The van der Waals surface area contributed by atoms with Gasteiger partial charge in [0.05, 0.1) is 0 Å². The van der Waals surface area contributed by atoms with Crippen LogP contribution in [0.1, 0.15) is 36.0 Å². The van der Waals surface area contributed by atoms with Gasteiger partial charge in [-0.05, 0) is 23.6 Å². The van der Waals surface area contributed by atoms with E-state index in [1.807, 2.05) is 91.0 Å². The molecule has 2 aliphatic rings. The Hall–Kier alpha value is -3.93. The molecule has 0 radical (unpaired) electrons. The lowest BCUT2D eigenvalue weighted by molar-refractivity contribution is -0.203. The van der Waals surface area contributed by atoms with E-state index >= 15 is 0 Å². The molecule has 0 N–H and O–H groups in total. The minimum absolute atomic E-state index is 0.00276. The van der Waals surface area contributed by atoms with Gasteiger partial charge in [-0.3, -0.25) is 14.4 Å². The average molecular weight is 471 g/mol. The van der Waals surface area contributed by atoms with Crippen molar-refractivity contribution in [3.8, 4) is 0 Å². The minimum atomic E-state index is -1.73. The summed E-state index contributed by atoms with van der Waals surface area (Å²) in [6.45, 7) is 1.78. The first kappa shape index (κ1) is 22.8. The second-order valence-electron chi connectivity index (χ2n) is 9.37. The molecule has 0 spiro atoms.